The van der Waals surface area contributed by atoms with Crippen molar-refractivity contribution in [1.29, 1.82) is 0 Å². The number of hydrogen-bond acceptors (Lipinski definition) is 5. The summed E-state index contributed by atoms with van der Waals surface area (Å²) in [5, 5.41) is 34.0. The summed E-state index contributed by atoms with van der Waals surface area (Å²) in [5.41, 5.74) is 0.987. The van der Waals surface area contributed by atoms with E-state index in [9.17, 15) is 5.21 Å². The van der Waals surface area contributed by atoms with Gasteiger partial charge in [-0.2, -0.15) is 0 Å². The van der Waals surface area contributed by atoms with Crippen LogP contribution < -0.4 is 0 Å². The molecule has 122 valence electrons. The van der Waals surface area contributed by atoms with Crippen LogP contribution in [0.3, 0.4) is 0 Å². The van der Waals surface area contributed by atoms with Crippen molar-refractivity contribution in [2.24, 2.45) is 15.7 Å². The van der Waals surface area contributed by atoms with Crippen molar-refractivity contribution in [1.82, 2.24) is 0 Å². The van der Waals surface area contributed by atoms with Crippen molar-refractivity contribution >= 4 is 11.4 Å². The Labute approximate surface area is 137 Å². The quantitative estimate of drug-likeness (QED) is 0.394. The zero-order valence-electron chi connectivity index (χ0n) is 13.5. The summed E-state index contributed by atoms with van der Waals surface area (Å²) in [4.78, 5) is 0. The van der Waals surface area contributed by atoms with E-state index in [1.165, 1.54) is 0 Å². The van der Waals surface area contributed by atoms with E-state index in [1.807, 2.05) is 13.8 Å². The van der Waals surface area contributed by atoms with Gasteiger partial charge in [-0.15, -0.1) is 24.3 Å². The fraction of sp³-hybridized carbons (Fsp3) is 0.846. The Morgan fingerprint density at radius 3 is 1.86 bits per heavy atom. The molecule has 2 atom stereocenters. The summed E-state index contributed by atoms with van der Waals surface area (Å²) in [6, 6.07) is -0.262. The molecule has 0 heterocycles. The molecule has 7 nitrogen and oxygen atoms in total. The fourth-order valence-corrected chi connectivity index (χ4v) is 1.24. The molecule has 0 aromatic rings. The summed E-state index contributed by atoms with van der Waals surface area (Å²) in [7, 11) is 0. The minimum atomic E-state index is -0.157. The third-order valence-corrected chi connectivity index (χ3v) is 3.10. The van der Waals surface area contributed by atoms with Gasteiger partial charge in [-0.05, 0) is 19.6 Å². The van der Waals surface area contributed by atoms with E-state index in [0.717, 1.165) is 18.9 Å². The van der Waals surface area contributed by atoms with Crippen molar-refractivity contribution in [3.8, 4) is 0 Å². The van der Waals surface area contributed by atoms with Gasteiger partial charge >= 0.3 is 22.4 Å². The summed E-state index contributed by atoms with van der Waals surface area (Å²) >= 11 is 0.900. The van der Waals surface area contributed by atoms with Crippen LogP contribution in [0.5, 0.6) is 0 Å². The zero-order chi connectivity index (χ0) is 17.1. The van der Waals surface area contributed by atoms with Crippen molar-refractivity contribution in [2.45, 2.75) is 53.6 Å². The second kappa shape index (κ2) is 11.9. The molecule has 0 fully saturated rings. The van der Waals surface area contributed by atoms with Gasteiger partial charge in [-0.25, -0.2) is 0 Å². The average molecular weight is 384 g/mol. The third-order valence-electron chi connectivity index (χ3n) is 3.10. The van der Waals surface area contributed by atoms with Gasteiger partial charge in [0.2, 0.25) is 0 Å². The van der Waals surface area contributed by atoms with Crippen LogP contribution in [0.15, 0.2) is 10.3 Å². The van der Waals surface area contributed by atoms with Gasteiger partial charge in [0, 0.05) is 5.71 Å². The maximum absolute atomic E-state index is 10.4. The Balaban J connectivity index is 0. The first kappa shape index (κ1) is 22.6. The molecule has 21 heavy (non-hydrogen) atoms. The van der Waals surface area contributed by atoms with Gasteiger partial charge in [0.15, 0.2) is 0 Å². The molecule has 0 radical (unpaired) electrons. The van der Waals surface area contributed by atoms with E-state index in [-0.39, 0.29) is 17.5 Å². The average Bonchev–Trinajstić information content (AvgIpc) is 2.50. The second-order valence-corrected chi connectivity index (χ2v) is 5.67. The Kier molecular flexibility index (Phi) is 12.8. The molecular weight excluding hydrogens is 359 g/mol. The number of nitrogens with zero attached hydrogens (tertiary/aromatic N) is 4. The molecule has 0 rings (SSSR count). The van der Waals surface area contributed by atoms with E-state index in [0.29, 0.717) is 24.5 Å². The summed E-state index contributed by atoms with van der Waals surface area (Å²) < 4.78 is 8.22. The van der Waals surface area contributed by atoms with E-state index in [1.54, 1.807) is 13.8 Å². The molecule has 0 saturated heterocycles. The maximum atomic E-state index is 10.4. The van der Waals surface area contributed by atoms with Crippen LogP contribution in [-0.2, 0) is 22.4 Å². The molecule has 0 aliphatic heterocycles. The predicted octanol–water partition coefficient (Wildman–Crippen LogP) is 3.22. The Morgan fingerprint density at radius 2 is 1.52 bits per heavy atom. The normalized spacial score (nSPS) is 15.9. The predicted molar refractivity (Wildman–Crippen MR) is 81.2 cm³/mol. The van der Waals surface area contributed by atoms with Gasteiger partial charge in [-0.1, -0.05) is 39.2 Å². The summed E-state index contributed by atoms with van der Waals surface area (Å²) in [6.45, 7) is 12.5. The summed E-state index contributed by atoms with van der Waals surface area (Å²) in [6.07, 6.45) is 0. The molecule has 0 aromatic heterocycles. The molecule has 0 bridgehead atoms. The SMILES string of the molecule is C/C(=N/[O-])[C@@H](C)[N-]CC(C)(C)C[N-][C@H](C)/C(C)=N/O.[O]=[99Tc+3]. The Bertz CT molecular complexity index is 318. The van der Waals surface area contributed by atoms with Crippen molar-refractivity contribution < 1.29 is 27.6 Å². The van der Waals surface area contributed by atoms with E-state index >= 15 is 0 Å². The molecule has 1 N–H and O–H groups in total. The molecule has 8 heteroatoms. The van der Waals surface area contributed by atoms with Crippen LogP contribution >= 0.6 is 0 Å². The van der Waals surface area contributed by atoms with Gasteiger partial charge in [0.05, 0.1) is 0 Å². The van der Waals surface area contributed by atoms with Crippen molar-refractivity contribution in [2.75, 3.05) is 13.1 Å². The van der Waals surface area contributed by atoms with Crippen molar-refractivity contribution in [3.05, 3.63) is 15.8 Å². The second-order valence-electron chi connectivity index (χ2n) is 5.67. The number of rotatable bonds is 8. The molecular formula is C13H25N4O3Tc. The number of oxime groups is 1. The van der Waals surface area contributed by atoms with Crippen LogP contribution in [0.25, 0.3) is 10.6 Å². The van der Waals surface area contributed by atoms with Gasteiger partial charge in [0.25, 0.3) is 0 Å². The zero-order valence-corrected chi connectivity index (χ0v) is 15.4. The monoisotopic (exact) mass is 384 g/mol. The van der Waals surface area contributed by atoms with Crippen LogP contribution in [0.2, 0.25) is 0 Å². The fourth-order valence-electron chi connectivity index (χ4n) is 1.24. The van der Waals surface area contributed by atoms with E-state index < -0.39 is 0 Å². The van der Waals surface area contributed by atoms with Crippen LogP contribution in [0, 0.1) is 10.6 Å². The first-order valence-corrected chi connectivity index (χ1v) is 7.33. The molecule has 0 aromatic carbocycles. The molecule has 0 spiro atoms. The van der Waals surface area contributed by atoms with Gasteiger partial charge in [0.1, 0.15) is 0 Å². The van der Waals surface area contributed by atoms with Crippen molar-refractivity contribution in [3.63, 3.8) is 0 Å². The molecule has 0 saturated carbocycles. The van der Waals surface area contributed by atoms with Crippen LogP contribution in [0.1, 0.15) is 41.5 Å². The molecule has 0 amide bonds. The van der Waals surface area contributed by atoms with E-state index in [4.69, 9.17) is 8.71 Å². The van der Waals surface area contributed by atoms with E-state index in [2.05, 4.69) is 34.8 Å². The minimum absolute atomic E-state index is 0.0958. The van der Waals surface area contributed by atoms with Gasteiger partial charge < -0.3 is 26.2 Å². The summed E-state index contributed by atoms with van der Waals surface area (Å²) in [5.74, 6) is 0. The Hall–Kier alpha value is -0.691. The Morgan fingerprint density at radius 1 is 1.14 bits per heavy atom. The van der Waals surface area contributed by atoms with Gasteiger partial charge in [-0.3, -0.25) is 0 Å². The molecule has 0 aliphatic rings. The molecule has 0 aliphatic carbocycles. The first-order valence-electron chi connectivity index (χ1n) is 6.57. The topological polar surface area (TPSA) is 113 Å². The van der Waals surface area contributed by atoms with Crippen LogP contribution in [-0.4, -0.2) is 41.8 Å². The molecule has 0 unspecified atom stereocenters. The third kappa shape index (κ3) is 10.6. The standard InChI is InChI=1S/C13H26N4O2.O.Tc/c1-9(11(3)16-18)14-7-13(5,6)8-15-10(2)12(4)17-19;;/h9-10,18-19H,7-8H2,1-6H3;;/q-2;;+3/p-1/b16-11-,17-12+;;/t9-,10-;;/m1../s1/i;;1+1. The van der Waals surface area contributed by atoms with Crippen LogP contribution in [0.4, 0.5) is 0 Å². The number of hydrogen-bond donors (Lipinski definition) is 1. The first-order chi connectivity index (χ1) is 9.73.